The summed E-state index contributed by atoms with van der Waals surface area (Å²) < 4.78 is 5.32. The molecule has 0 bridgehead atoms. The zero-order chi connectivity index (χ0) is 21.5. The number of halogens is 1. The lowest BCUT2D eigenvalue weighted by atomic mass is 10.1. The Morgan fingerprint density at radius 1 is 0.967 bits per heavy atom. The molecule has 1 amide bonds. The highest BCUT2D eigenvalue weighted by atomic mass is 35.5. The van der Waals surface area contributed by atoms with Crippen molar-refractivity contribution in [2.24, 2.45) is 0 Å². The molecule has 6 heteroatoms. The smallest absolute Gasteiger partial charge is 0.343 e. The molecule has 3 rings (SSSR count). The monoisotopic (exact) mass is 416 g/mol. The second kappa shape index (κ2) is 9.55. The first-order valence-electron chi connectivity index (χ1n) is 9.02. The van der Waals surface area contributed by atoms with E-state index in [1.807, 2.05) is 25.1 Å². The first-order valence-corrected chi connectivity index (χ1v) is 9.40. The summed E-state index contributed by atoms with van der Waals surface area (Å²) in [5.74, 6) is -0.667. The highest BCUT2D eigenvalue weighted by Gasteiger charge is 2.11. The molecule has 0 heterocycles. The van der Waals surface area contributed by atoms with Crippen LogP contribution in [0.25, 0.3) is 6.08 Å². The Kier molecular flexibility index (Phi) is 6.63. The Morgan fingerprint density at radius 3 is 2.20 bits per heavy atom. The van der Waals surface area contributed by atoms with Crippen LogP contribution >= 0.6 is 11.6 Å². The second-order valence-corrected chi connectivity index (χ2v) is 6.89. The van der Waals surface area contributed by atoms with Crippen molar-refractivity contribution in [3.63, 3.8) is 0 Å². The van der Waals surface area contributed by atoms with Gasteiger partial charge in [0.05, 0.1) is 5.56 Å². The molecule has 0 aliphatic rings. The lowest BCUT2D eigenvalue weighted by Crippen LogP contribution is -2.13. The highest BCUT2D eigenvalue weighted by Crippen LogP contribution is 2.18. The molecule has 0 fully saturated rings. The summed E-state index contributed by atoms with van der Waals surface area (Å²) in [5, 5.41) is 12.6. The quantitative estimate of drug-likeness (QED) is 0.261. The van der Waals surface area contributed by atoms with E-state index in [0.29, 0.717) is 27.6 Å². The summed E-state index contributed by atoms with van der Waals surface area (Å²) in [6.07, 6.45) is 1.47. The van der Waals surface area contributed by atoms with E-state index >= 15 is 0 Å². The number of benzene rings is 3. The average Bonchev–Trinajstić information content (AvgIpc) is 2.75. The average molecular weight is 417 g/mol. The zero-order valence-electron chi connectivity index (χ0n) is 16.1. The van der Waals surface area contributed by atoms with Crippen LogP contribution in [0.15, 0.2) is 78.4 Å². The molecule has 3 aromatic carbocycles. The van der Waals surface area contributed by atoms with Crippen LogP contribution in [-0.4, -0.2) is 11.9 Å². The number of hydrogen-bond acceptors (Lipinski definition) is 4. The number of nitrogens with one attached hydrogen (secondary N) is 1. The first-order chi connectivity index (χ1) is 14.4. The van der Waals surface area contributed by atoms with Gasteiger partial charge in [-0.25, -0.2) is 4.79 Å². The summed E-state index contributed by atoms with van der Waals surface area (Å²) >= 11 is 5.81. The third kappa shape index (κ3) is 5.57. The van der Waals surface area contributed by atoms with Crippen LogP contribution in [0, 0.1) is 18.3 Å². The second-order valence-electron chi connectivity index (χ2n) is 6.46. The van der Waals surface area contributed by atoms with Crippen molar-refractivity contribution in [3.05, 3.63) is 100 Å². The topological polar surface area (TPSA) is 79.2 Å². The van der Waals surface area contributed by atoms with Crippen molar-refractivity contribution in [2.45, 2.75) is 6.92 Å². The number of nitrogens with zero attached hydrogens (tertiary/aromatic N) is 1. The molecule has 148 valence electrons. The molecule has 0 aliphatic heterocycles. The first kappa shape index (κ1) is 20.8. The van der Waals surface area contributed by atoms with Crippen LogP contribution < -0.4 is 10.1 Å². The van der Waals surface area contributed by atoms with Gasteiger partial charge in [0, 0.05) is 10.7 Å². The molecule has 0 unspecified atom stereocenters. The van der Waals surface area contributed by atoms with Crippen LogP contribution in [0.3, 0.4) is 0 Å². The van der Waals surface area contributed by atoms with E-state index in [-0.39, 0.29) is 5.57 Å². The van der Waals surface area contributed by atoms with Crippen molar-refractivity contribution in [2.75, 3.05) is 5.32 Å². The molecule has 30 heavy (non-hydrogen) atoms. The fraction of sp³-hybridized carbons (Fsp3) is 0.0417. The minimum Gasteiger partial charge on any atom is -0.423 e. The van der Waals surface area contributed by atoms with Crippen LogP contribution in [0.4, 0.5) is 5.69 Å². The van der Waals surface area contributed by atoms with E-state index in [1.54, 1.807) is 60.7 Å². The number of amides is 1. The molecule has 5 nitrogen and oxygen atoms in total. The maximum Gasteiger partial charge on any atom is 0.343 e. The summed E-state index contributed by atoms with van der Waals surface area (Å²) in [6, 6.07) is 22.0. The molecule has 1 N–H and O–H groups in total. The number of aryl methyl sites for hydroxylation is 1. The van der Waals surface area contributed by atoms with Crippen molar-refractivity contribution in [1.29, 1.82) is 5.26 Å². The van der Waals surface area contributed by atoms with Crippen LogP contribution in [0.1, 0.15) is 21.5 Å². The van der Waals surface area contributed by atoms with Crippen molar-refractivity contribution >= 4 is 35.2 Å². The van der Waals surface area contributed by atoms with E-state index in [1.165, 1.54) is 6.08 Å². The number of carbonyl (C=O) groups is 2. The predicted octanol–water partition coefficient (Wildman–Crippen LogP) is 5.41. The highest BCUT2D eigenvalue weighted by molar-refractivity contribution is 6.30. The number of carbonyl (C=O) groups excluding carboxylic acids is 2. The van der Waals surface area contributed by atoms with E-state index in [0.717, 1.165) is 5.56 Å². The Hall–Kier alpha value is -3.88. The maximum absolute atomic E-state index is 12.3. The van der Waals surface area contributed by atoms with Gasteiger partial charge in [0.1, 0.15) is 17.4 Å². The SMILES string of the molecule is Cc1ccc(NC(=O)C(C#N)=Cc2ccc(OC(=O)c3ccc(Cl)cc3)cc2)cc1. The van der Waals surface area contributed by atoms with Crippen molar-refractivity contribution < 1.29 is 14.3 Å². The molecule has 0 radical (unpaired) electrons. The lowest BCUT2D eigenvalue weighted by Gasteiger charge is -2.06. The van der Waals surface area contributed by atoms with Gasteiger partial charge in [-0.1, -0.05) is 41.4 Å². The summed E-state index contributed by atoms with van der Waals surface area (Å²) in [7, 11) is 0. The van der Waals surface area contributed by atoms with Crippen molar-refractivity contribution in [3.8, 4) is 11.8 Å². The standard InChI is InChI=1S/C24H17ClN2O3/c1-16-2-10-21(11-3-16)27-23(28)19(15-26)14-17-4-12-22(13-5-17)30-24(29)18-6-8-20(25)9-7-18/h2-14H,1H3,(H,27,28). The molecule has 0 spiro atoms. The van der Waals surface area contributed by atoms with Gasteiger partial charge in [-0.2, -0.15) is 5.26 Å². The van der Waals surface area contributed by atoms with Gasteiger partial charge in [0.25, 0.3) is 5.91 Å². The Bertz CT molecular complexity index is 1130. The van der Waals surface area contributed by atoms with Crippen LogP contribution in [0.5, 0.6) is 5.75 Å². The molecule has 0 saturated heterocycles. The van der Waals surface area contributed by atoms with E-state index in [9.17, 15) is 14.9 Å². The third-order valence-corrected chi connectivity index (χ3v) is 4.41. The number of anilines is 1. The molecule has 0 aliphatic carbocycles. The molecule has 0 saturated carbocycles. The summed E-state index contributed by atoms with van der Waals surface area (Å²) in [4.78, 5) is 24.5. The molecule has 3 aromatic rings. The molecular weight excluding hydrogens is 400 g/mol. The fourth-order valence-corrected chi connectivity index (χ4v) is 2.66. The fourth-order valence-electron chi connectivity index (χ4n) is 2.53. The minimum absolute atomic E-state index is 0.0403. The van der Waals surface area contributed by atoms with Crippen molar-refractivity contribution in [1.82, 2.24) is 0 Å². The summed E-state index contributed by atoms with van der Waals surface area (Å²) in [6.45, 7) is 1.95. The number of ether oxygens (including phenoxy) is 1. The number of hydrogen-bond donors (Lipinski definition) is 1. The number of rotatable bonds is 5. The van der Waals surface area contributed by atoms with Gasteiger partial charge in [-0.3, -0.25) is 4.79 Å². The molecule has 0 aromatic heterocycles. The van der Waals surface area contributed by atoms with Gasteiger partial charge < -0.3 is 10.1 Å². The van der Waals surface area contributed by atoms with Gasteiger partial charge in [0.2, 0.25) is 0 Å². The predicted molar refractivity (Wildman–Crippen MR) is 116 cm³/mol. The van der Waals surface area contributed by atoms with Gasteiger partial charge in [0.15, 0.2) is 0 Å². The Morgan fingerprint density at radius 2 is 1.60 bits per heavy atom. The van der Waals surface area contributed by atoms with E-state index in [4.69, 9.17) is 16.3 Å². The normalized spacial score (nSPS) is 10.8. The molecular formula is C24H17ClN2O3. The number of esters is 1. The minimum atomic E-state index is -0.509. The number of nitriles is 1. The van der Waals surface area contributed by atoms with Gasteiger partial charge in [-0.05, 0) is 67.1 Å². The largest absolute Gasteiger partial charge is 0.423 e. The third-order valence-electron chi connectivity index (χ3n) is 4.16. The molecule has 0 atom stereocenters. The zero-order valence-corrected chi connectivity index (χ0v) is 16.8. The van der Waals surface area contributed by atoms with Crippen LogP contribution in [-0.2, 0) is 4.79 Å². The Labute approximate surface area is 179 Å². The van der Waals surface area contributed by atoms with Crippen LogP contribution in [0.2, 0.25) is 5.02 Å². The van der Waals surface area contributed by atoms with E-state index < -0.39 is 11.9 Å². The van der Waals surface area contributed by atoms with Gasteiger partial charge in [-0.15, -0.1) is 0 Å². The Balaban J connectivity index is 1.67. The van der Waals surface area contributed by atoms with Gasteiger partial charge >= 0.3 is 5.97 Å². The lowest BCUT2D eigenvalue weighted by molar-refractivity contribution is -0.112. The summed E-state index contributed by atoms with van der Waals surface area (Å²) in [5.41, 5.74) is 2.64. The van der Waals surface area contributed by atoms with E-state index in [2.05, 4.69) is 5.32 Å². The maximum atomic E-state index is 12.3.